The minimum absolute atomic E-state index is 0.161. The lowest BCUT2D eigenvalue weighted by Crippen LogP contribution is -2.36. The summed E-state index contributed by atoms with van der Waals surface area (Å²) in [6.45, 7) is 1.08. The fourth-order valence-electron chi connectivity index (χ4n) is 2.33. The van der Waals surface area contributed by atoms with Crippen LogP contribution in [0.4, 0.5) is 4.79 Å². The third-order valence-electron chi connectivity index (χ3n) is 3.49. The Morgan fingerprint density at radius 2 is 1.86 bits per heavy atom. The molecule has 0 fully saturated rings. The van der Waals surface area contributed by atoms with Crippen LogP contribution in [-0.4, -0.2) is 22.2 Å². The molecule has 0 unspecified atom stereocenters. The molecule has 3 aromatic rings. The molecule has 5 nitrogen and oxygen atoms in total. The first-order valence-electron chi connectivity index (χ1n) is 7.30. The Morgan fingerprint density at radius 1 is 1.05 bits per heavy atom. The summed E-state index contributed by atoms with van der Waals surface area (Å²) >= 11 is 0. The number of hydrogen-bond donors (Lipinski definition) is 2. The lowest BCUT2D eigenvalue weighted by molar-refractivity contribution is 0.240. The van der Waals surface area contributed by atoms with Gasteiger partial charge in [0.15, 0.2) is 0 Å². The molecule has 3 rings (SSSR count). The predicted molar refractivity (Wildman–Crippen MR) is 85.6 cm³/mol. The van der Waals surface area contributed by atoms with Gasteiger partial charge in [0.1, 0.15) is 0 Å². The quantitative estimate of drug-likeness (QED) is 0.759. The van der Waals surface area contributed by atoms with Gasteiger partial charge in [-0.1, -0.05) is 36.4 Å². The minimum atomic E-state index is -0.161. The Kier molecular flexibility index (Phi) is 4.34. The van der Waals surface area contributed by atoms with Gasteiger partial charge < -0.3 is 10.6 Å². The Hall–Kier alpha value is -2.82. The van der Waals surface area contributed by atoms with Gasteiger partial charge in [-0.3, -0.25) is 0 Å². The lowest BCUT2D eigenvalue weighted by atomic mass is 10.1. The van der Waals surface area contributed by atoms with Crippen LogP contribution in [0.2, 0.25) is 0 Å². The highest BCUT2D eigenvalue weighted by Gasteiger charge is 2.05. The molecule has 2 amide bonds. The molecule has 112 valence electrons. The monoisotopic (exact) mass is 294 g/mol. The number of aromatic nitrogens is 2. The van der Waals surface area contributed by atoms with Crippen molar-refractivity contribution in [3.05, 3.63) is 72.1 Å². The van der Waals surface area contributed by atoms with Crippen molar-refractivity contribution >= 4 is 11.5 Å². The second-order valence-electron chi connectivity index (χ2n) is 5.05. The molecule has 2 aromatic heterocycles. The first kappa shape index (κ1) is 14.1. The van der Waals surface area contributed by atoms with Crippen molar-refractivity contribution < 1.29 is 4.79 Å². The molecular formula is C17H18N4O. The largest absolute Gasteiger partial charge is 0.338 e. The van der Waals surface area contributed by atoms with Crippen LogP contribution in [0.1, 0.15) is 11.1 Å². The van der Waals surface area contributed by atoms with Crippen molar-refractivity contribution in [2.24, 2.45) is 0 Å². The van der Waals surface area contributed by atoms with Crippen LogP contribution in [-0.2, 0) is 13.0 Å². The van der Waals surface area contributed by atoms with E-state index >= 15 is 0 Å². The van der Waals surface area contributed by atoms with Crippen LogP contribution in [0.3, 0.4) is 0 Å². The summed E-state index contributed by atoms with van der Waals surface area (Å²) in [6.07, 6.45) is 4.49. The second kappa shape index (κ2) is 6.76. The van der Waals surface area contributed by atoms with Gasteiger partial charge in [0.05, 0.1) is 11.7 Å². The summed E-state index contributed by atoms with van der Waals surface area (Å²) in [5.74, 6) is 0. The summed E-state index contributed by atoms with van der Waals surface area (Å²) in [6, 6.07) is 15.8. The van der Waals surface area contributed by atoms with E-state index in [4.69, 9.17) is 0 Å². The third-order valence-corrected chi connectivity index (χ3v) is 3.49. The van der Waals surface area contributed by atoms with Crippen molar-refractivity contribution in [2.75, 3.05) is 6.54 Å². The van der Waals surface area contributed by atoms with Crippen LogP contribution in [0.5, 0.6) is 0 Å². The van der Waals surface area contributed by atoms with Crippen molar-refractivity contribution in [1.29, 1.82) is 0 Å². The van der Waals surface area contributed by atoms with E-state index in [1.165, 1.54) is 5.56 Å². The first-order chi connectivity index (χ1) is 10.8. The molecular weight excluding hydrogens is 276 g/mol. The third kappa shape index (κ3) is 3.44. The normalized spacial score (nSPS) is 10.5. The summed E-state index contributed by atoms with van der Waals surface area (Å²) in [7, 11) is 0. The number of rotatable bonds is 5. The summed E-state index contributed by atoms with van der Waals surface area (Å²) in [5, 5.41) is 9.97. The topological polar surface area (TPSA) is 58.4 Å². The number of carbonyl (C=O) groups is 1. The van der Waals surface area contributed by atoms with E-state index in [2.05, 4.69) is 27.9 Å². The molecule has 0 aliphatic rings. The Bertz CT molecular complexity index is 751. The SMILES string of the molecule is O=C(NCCc1ccccc1)NCc1cnn2ccccc12. The summed E-state index contributed by atoms with van der Waals surface area (Å²) in [5.41, 5.74) is 3.22. The molecule has 2 N–H and O–H groups in total. The smallest absolute Gasteiger partial charge is 0.315 e. The van der Waals surface area contributed by atoms with Crippen molar-refractivity contribution in [3.8, 4) is 0 Å². The van der Waals surface area contributed by atoms with E-state index in [-0.39, 0.29) is 6.03 Å². The zero-order chi connectivity index (χ0) is 15.2. The van der Waals surface area contributed by atoms with E-state index in [0.29, 0.717) is 13.1 Å². The second-order valence-corrected chi connectivity index (χ2v) is 5.05. The van der Waals surface area contributed by atoms with Crippen LogP contribution in [0.15, 0.2) is 60.9 Å². The van der Waals surface area contributed by atoms with E-state index in [9.17, 15) is 4.79 Å². The first-order valence-corrected chi connectivity index (χ1v) is 7.30. The minimum Gasteiger partial charge on any atom is -0.338 e. The number of amides is 2. The van der Waals surface area contributed by atoms with Gasteiger partial charge in [-0.25, -0.2) is 9.31 Å². The molecule has 0 radical (unpaired) electrons. The van der Waals surface area contributed by atoms with Gasteiger partial charge in [-0.15, -0.1) is 0 Å². The standard InChI is InChI=1S/C17H18N4O/c22-17(18-10-9-14-6-2-1-3-7-14)19-12-15-13-20-21-11-5-4-8-16(15)21/h1-8,11,13H,9-10,12H2,(H2,18,19,22). The van der Waals surface area contributed by atoms with Crippen molar-refractivity contribution in [1.82, 2.24) is 20.2 Å². The average molecular weight is 294 g/mol. The number of pyridine rings is 1. The molecule has 5 heteroatoms. The highest BCUT2D eigenvalue weighted by molar-refractivity contribution is 5.74. The molecule has 0 saturated heterocycles. The lowest BCUT2D eigenvalue weighted by Gasteiger charge is -2.07. The molecule has 2 heterocycles. The number of nitrogens with zero attached hydrogens (tertiary/aromatic N) is 2. The van der Waals surface area contributed by atoms with Gasteiger partial charge >= 0.3 is 6.03 Å². The highest BCUT2D eigenvalue weighted by Crippen LogP contribution is 2.09. The van der Waals surface area contributed by atoms with Crippen LogP contribution >= 0.6 is 0 Å². The maximum Gasteiger partial charge on any atom is 0.315 e. The fourth-order valence-corrected chi connectivity index (χ4v) is 2.33. The maximum absolute atomic E-state index is 11.8. The van der Waals surface area contributed by atoms with Gasteiger partial charge in [0.2, 0.25) is 0 Å². The van der Waals surface area contributed by atoms with Gasteiger partial charge in [0, 0.05) is 24.8 Å². The number of nitrogens with one attached hydrogen (secondary N) is 2. The molecule has 0 aliphatic heterocycles. The summed E-state index contributed by atoms with van der Waals surface area (Å²) in [4.78, 5) is 11.8. The number of urea groups is 1. The number of fused-ring (bicyclic) bond motifs is 1. The van der Waals surface area contributed by atoms with E-state index in [1.807, 2.05) is 42.6 Å². The molecule has 0 atom stereocenters. The molecule has 0 spiro atoms. The maximum atomic E-state index is 11.8. The molecule has 1 aromatic carbocycles. The number of hydrogen-bond acceptors (Lipinski definition) is 2. The van der Waals surface area contributed by atoms with Crippen LogP contribution in [0.25, 0.3) is 5.52 Å². The number of benzene rings is 1. The van der Waals surface area contributed by atoms with Crippen LogP contribution in [0, 0.1) is 0 Å². The zero-order valence-electron chi connectivity index (χ0n) is 12.2. The zero-order valence-corrected chi connectivity index (χ0v) is 12.2. The highest BCUT2D eigenvalue weighted by atomic mass is 16.2. The van der Waals surface area contributed by atoms with E-state index in [0.717, 1.165) is 17.5 Å². The Morgan fingerprint density at radius 3 is 2.73 bits per heavy atom. The molecule has 0 bridgehead atoms. The molecule has 22 heavy (non-hydrogen) atoms. The Balaban J connectivity index is 1.46. The summed E-state index contributed by atoms with van der Waals surface area (Å²) < 4.78 is 1.80. The Labute approximate surface area is 129 Å². The average Bonchev–Trinajstić information content (AvgIpc) is 2.97. The van der Waals surface area contributed by atoms with Crippen molar-refractivity contribution in [2.45, 2.75) is 13.0 Å². The predicted octanol–water partition coefficient (Wildman–Crippen LogP) is 2.38. The van der Waals surface area contributed by atoms with Crippen LogP contribution < -0.4 is 10.6 Å². The number of carbonyl (C=O) groups excluding carboxylic acids is 1. The van der Waals surface area contributed by atoms with Gasteiger partial charge in [0.25, 0.3) is 0 Å². The van der Waals surface area contributed by atoms with E-state index < -0.39 is 0 Å². The van der Waals surface area contributed by atoms with E-state index in [1.54, 1.807) is 10.7 Å². The molecule has 0 saturated carbocycles. The van der Waals surface area contributed by atoms with Gasteiger partial charge in [-0.05, 0) is 24.1 Å². The fraction of sp³-hybridized carbons (Fsp3) is 0.176. The van der Waals surface area contributed by atoms with Crippen molar-refractivity contribution in [3.63, 3.8) is 0 Å². The molecule has 0 aliphatic carbocycles. The van der Waals surface area contributed by atoms with Gasteiger partial charge in [-0.2, -0.15) is 5.10 Å².